The number of fused-ring (bicyclic) bond motifs is 5. The molecule has 0 aliphatic carbocycles. The molecule has 2 aromatic heterocycles. The van der Waals surface area contributed by atoms with Crippen LogP contribution in [0.4, 0.5) is 23.0 Å². The molecule has 176 valence electrons. The number of hydrogen-bond acceptors (Lipinski definition) is 5. The van der Waals surface area contributed by atoms with E-state index in [9.17, 15) is 0 Å². The molecule has 0 spiro atoms. The van der Waals surface area contributed by atoms with Crippen LogP contribution in [0.15, 0.2) is 74.3 Å². The normalized spacial score (nSPS) is 21.5. The number of aromatic nitrogens is 3. The first-order chi connectivity index (χ1) is 16.2. The highest BCUT2D eigenvalue weighted by Crippen LogP contribution is 2.57. The van der Waals surface area contributed by atoms with Crippen LogP contribution in [0.3, 0.4) is 0 Å². The molecule has 0 fully saturated rings. The highest BCUT2D eigenvalue weighted by atomic mass is 15.5. The van der Waals surface area contributed by atoms with Crippen molar-refractivity contribution in [2.45, 2.75) is 66.5 Å². The Morgan fingerprint density at radius 3 is 2.06 bits per heavy atom. The molecule has 4 heterocycles. The van der Waals surface area contributed by atoms with Gasteiger partial charge in [-0.25, -0.2) is 9.97 Å². The van der Waals surface area contributed by atoms with Crippen LogP contribution in [0, 0.1) is 5.92 Å². The van der Waals surface area contributed by atoms with Crippen molar-refractivity contribution in [3.8, 4) is 0 Å². The fourth-order valence-electron chi connectivity index (χ4n) is 4.76. The van der Waals surface area contributed by atoms with Gasteiger partial charge in [0.2, 0.25) is 0 Å². The minimum absolute atomic E-state index is 0.0697. The van der Waals surface area contributed by atoms with Gasteiger partial charge >= 0.3 is 0 Å². The average Bonchev–Trinajstić information content (AvgIpc) is 3.26. The van der Waals surface area contributed by atoms with Crippen molar-refractivity contribution >= 4 is 23.0 Å². The predicted octanol–water partition coefficient (Wildman–Crippen LogP) is 7.66. The fraction of sp³-hybridized carbons (Fsp3) is 0.393. The first-order valence-corrected chi connectivity index (χ1v) is 12.1. The van der Waals surface area contributed by atoms with E-state index in [2.05, 4.69) is 79.0 Å². The second-order valence-electron chi connectivity index (χ2n) is 7.65. The minimum Gasteiger partial charge on any atom is -0.301 e. The molecule has 5 rings (SSSR count). The first-order valence-electron chi connectivity index (χ1n) is 12.1. The molecule has 5 nitrogen and oxygen atoms in total. The van der Waals surface area contributed by atoms with Crippen LogP contribution in [0.1, 0.15) is 60.5 Å². The molecule has 1 aromatic carbocycles. The molecule has 0 N–H and O–H groups in total. The maximum absolute atomic E-state index is 4.73. The third-order valence-corrected chi connectivity index (χ3v) is 6.54. The molecule has 0 radical (unpaired) electrons. The van der Waals surface area contributed by atoms with Crippen LogP contribution in [0.2, 0.25) is 0 Å². The Bertz CT molecular complexity index is 1010. The molecule has 33 heavy (non-hydrogen) atoms. The van der Waals surface area contributed by atoms with Crippen LogP contribution in [-0.4, -0.2) is 21.1 Å². The van der Waals surface area contributed by atoms with Crippen molar-refractivity contribution in [2.75, 3.05) is 9.80 Å². The SMILES string of the molecule is C=C.CC.CC.CCC1(C)c2ccccc2N2c3nccnc3N(c3cccnc3)C2C1C. The van der Waals surface area contributed by atoms with Gasteiger partial charge in [0.15, 0.2) is 11.6 Å². The van der Waals surface area contributed by atoms with Crippen molar-refractivity contribution in [2.24, 2.45) is 5.92 Å². The maximum Gasteiger partial charge on any atom is 0.178 e. The zero-order chi connectivity index (χ0) is 24.6. The first kappa shape index (κ1) is 26.0. The summed E-state index contributed by atoms with van der Waals surface area (Å²) in [4.78, 5) is 18.5. The van der Waals surface area contributed by atoms with Gasteiger partial charge in [0.25, 0.3) is 0 Å². The molecule has 0 amide bonds. The molecule has 0 bridgehead atoms. The largest absolute Gasteiger partial charge is 0.301 e. The number of nitrogens with zero attached hydrogens (tertiary/aromatic N) is 5. The Morgan fingerprint density at radius 2 is 1.48 bits per heavy atom. The molecule has 5 heteroatoms. The van der Waals surface area contributed by atoms with Crippen LogP contribution < -0.4 is 9.80 Å². The number of benzene rings is 1. The van der Waals surface area contributed by atoms with E-state index >= 15 is 0 Å². The maximum atomic E-state index is 4.73. The number of rotatable bonds is 2. The lowest BCUT2D eigenvalue weighted by Crippen LogP contribution is -2.54. The fourth-order valence-corrected chi connectivity index (χ4v) is 4.76. The van der Waals surface area contributed by atoms with Gasteiger partial charge in [-0.05, 0) is 30.2 Å². The summed E-state index contributed by atoms with van der Waals surface area (Å²) in [7, 11) is 0. The number of anilines is 4. The van der Waals surface area contributed by atoms with Gasteiger partial charge in [-0.2, -0.15) is 0 Å². The minimum atomic E-state index is 0.0697. The third kappa shape index (κ3) is 4.24. The smallest absolute Gasteiger partial charge is 0.178 e. The van der Waals surface area contributed by atoms with Gasteiger partial charge in [0, 0.05) is 35.6 Å². The quantitative estimate of drug-likeness (QED) is 0.379. The molecular formula is C28H39N5. The van der Waals surface area contributed by atoms with Crippen molar-refractivity contribution < 1.29 is 0 Å². The molecule has 3 unspecified atom stereocenters. The summed E-state index contributed by atoms with van der Waals surface area (Å²) in [6.45, 7) is 21.0. The van der Waals surface area contributed by atoms with Gasteiger partial charge in [0.1, 0.15) is 6.17 Å². The van der Waals surface area contributed by atoms with Gasteiger partial charge in [0.05, 0.1) is 11.9 Å². The summed E-state index contributed by atoms with van der Waals surface area (Å²) in [5.74, 6) is 2.19. The van der Waals surface area contributed by atoms with Crippen LogP contribution in [0.25, 0.3) is 0 Å². The van der Waals surface area contributed by atoms with Gasteiger partial charge < -0.3 is 4.90 Å². The van der Waals surface area contributed by atoms with E-state index < -0.39 is 0 Å². The van der Waals surface area contributed by atoms with Crippen molar-refractivity contribution in [1.82, 2.24) is 15.0 Å². The Morgan fingerprint density at radius 1 is 0.879 bits per heavy atom. The number of hydrogen-bond donors (Lipinski definition) is 0. The van der Waals surface area contributed by atoms with E-state index in [1.54, 1.807) is 12.4 Å². The second kappa shape index (κ2) is 11.6. The van der Waals surface area contributed by atoms with Crippen molar-refractivity contribution in [1.29, 1.82) is 0 Å². The Kier molecular flexibility index (Phi) is 9.15. The predicted molar refractivity (Wildman–Crippen MR) is 142 cm³/mol. The van der Waals surface area contributed by atoms with Gasteiger partial charge in [-0.3, -0.25) is 9.88 Å². The highest BCUT2D eigenvalue weighted by molar-refractivity contribution is 5.85. The summed E-state index contributed by atoms with van der Waals surface area (Å²) < 4.78 is 0. The summed E-state index contributed by atoms with van der Waals surface area (Å²) in [6.07, 6.45) is 8.47. The van der Waals surface area contributed by atoms with Crippen LogP contribution >= 0.6 is 0 Å². The lowest BCUT2D eigenvalue weighted by molar-refractivity contribution is 0.249. The van der Waals surface area contributed by atoms with Gasteiger partial charge in [-0.15, -0.1) is 13.2 Å². The van der Waals surface area contributed by atoms with E-state index in [4.69, 9.17) is 9.97 Å². The Labute approximate surface area is 200 Å². The third-order valence-electron chi connectivity index (χ3n) is 6.54. The summed E-state index contributed by atoms with van der Waals surface area (Å²) in [5, 5.41) is 0. The average molecular weight is 446 g/mol. The van der Waals surface area contributed by atoms with E-state index in [0.29, 0.717) is 5.92 Å². The Hall–Kier alpha value is -3.21. The van der Waals surface area contributed by atoms with E-state index in [1.807, 2.05) is 46.2 Å². The highest BCUT2D eigenvalue weighted by Gasteiger charge is 2.53. The molecule has 0 saturated heterocycles. The Balaban J connectivity index is 0.000000597. The molecule has 2 aliphatic rings. The molecule has 3 atom stereocenters. The van der Waals surface area contributed by atoms with E-state index in [1.165, 1.54) is 11.3 Å². The van der Waals surface area contributed by atoms with Gasteiger partial charge in [-0.1, -0.05) is 66.7 Å². The van der Waals surface area contributed by atoms with E-state index in [-0.39, 0.29) is 11.6 Å². The molecular weight excluding hydrogens is 406 g/mol. The lowest BCUT2D eigenvalue weighted by Gasteiger charge is -2.50. The second-order valence-corrected chi connectivity index (χ2v) is 7.65. The van der Waals surface area contributed by atoms with Crippen LogP contribution in [0.5, 0.6) is 0 Å². The topological polar surface area (TPSA) is 45.2 Å². The molecule has 0 saturated carbocycles. The number of pyridine rings is 1. The zero-order valence-electron chi connectivity index (χ0n) is 21.3. The summed E-state index contributed by atoms with van der Waals surface area (Å²) in [6, 6.07) is 12.8. The number of para-hydroxylation sites is 1. The summed E-state index contributed by atoms with van der Waals surface area (Å²) in [5.41, 5.74) is 3.75. The molecule has 3 aromatic rings. The standard InChI is InChI=1S/C22H23N5.2C2H6.C2H4/c1-4-22(3)15(2)21-26(16-8-7-11-23-14-16)19-20(25-13-12-24-19)27(21)18-10-6-5-9-17(18)22;3*1-2/h5-15,21H,4H2,1-3H3;2*1-2H3;1-2H2. The van der Waals surface area contributed by atoms with Crippen molar-refractivity contribution in [3.63, 3.8) is 0 Å². The lowest BCUT2D eigenvalue weighted by atomic mass is 9.66. The van der Waals surface area contributed by atoms with Crippen molar-refractivity contribution in [3.05, 3.63) is 79.9 Å². The van der Waals surface area contributed by atoms with Crippen LogP contribution in [-0.2, 0) is 5.41 Å². The van der Waals surface area contributed by atoms with E-state index in [0.717, 1.165) is 23.7 Å². The monoisotopic (exact) mass is 445 g/mol. The zero-order valence-corrected chi connectivity index (χ0v) is 21.3. The summed E-state index contributed by atoms with van der Waals surface area (Å²) >= 11 is 0. The molecule has 2 aliphatic heterocycles.